The Balaban J connectivity index is 2.29. The molecule has 0 bridgehead atoms. The standard InChI is InChI=1S/C15H20F2N2S/c1-15(2)6-3-8-19(9-7-15)11-5-4-10(14(18)20)12(16)13(11)17/h4-5H,3,6-9H2,1-2H3,(H2,18,20). The SMILES string of the molecule is CC1(C)CCCN(c2ccc(C(N)=S)c(F)c2F)CC1. The summed E-state index contributed by atoms with van der Waals surface area (Å²) >= 11 is 4.72. The lowest BCUT2D eigenvalue weighted by Crippen LogP contribution is -2.27. The molecule has 1 aliphatic rings. The number of hydrogen-bond acceptors (Lipinski definition) is 2. The van der Waals surface area contributed by atoms with Gasteiger partial charge in [-0.15, -0.1) is 0 Å². The molecule has 0 amide bonds. The highest BCUT2D eigenvalue weighted by molar-refractivity contribution is 7.80. The normalized spacial score (nSPS) is 18.7. The van der Waals surface area contributed by atoms with Gasteiger partial charge in [0.2, 0.25) is 0 Å². The van der Waals surface area contributed by atoms with Crippen LogP contribution in [-0.4, -0.2) is 18.1 Å². The van der Waals surface area contributed by atoms with Crippen molar-refractivity contribution in [3.8, 4) is 0 Å². The Kier molecular flexibility index (Phi) is 4.28. The number of hydrogen-bond donors (Lipinski definition) is 1. The maximum absolute atomic E-state index is 14.2. The van der Waals surface area contributed by atoms with Crippen LogP contribution in [0.15, 0.2) is 12.1 Å². The first kappa shape index (κ1) is 15.2. The maximum atomic E-state index is 14.2. The highest BCUT2D eigenvalue weighted by atomic mass is 32.1. The van der Waals surface area contributed by atoms with Gasteiger partial charge in [-0.25, -0.2) is 8.78 Å². The summed E-state index contributed by atoms with van der Waals surface area (Å²) in [7, 11) is 0. The number of benzene rings is 1. The molecular weight excluding hydrogens is 278 g/mol. The zero-order valence-corrected chi connectivity index (χ0v) is 12.7. The van der Waals surface area contributed by atoms with Crippen molar-refractivity contribution < 1.29 is 8.78 Å². The van der Waals surface area contributed by atoms with E-state index in [1.54, 1.807) is 6.07 Å². The summed E-state index contributed by atoms with van der Waals surface area (Å²) < 4.78 is 28.2. The molecule has 2 rings (SSSR count). The Hall–Kier alpha value is -1.23. The van der Waals surface area contributed by atoms with Crippen LogP contribution in [0.1, 0.15) is 38.7 Å². The van der Waals surface area contributed by atoms with E-state index in [4.69, 9.17) is 18.0 Å². The molecule has 0 spiro atoms. The third-order valence-corrected chi connectivity index (χ3v) is 4.23. The van der Waals surface area contributed by atoms with Gasteiger partial charge < -0.3 is 10.6 Å². The van der Waals surface area contributed by atoms with Crippen molar-refractivity contribution in [3.63, 3.8) is 0 Å². The lowest BCUT2D eigenvalue weighted by Gasteiger charge is -2.25. The fourth-order valence-electron chi connectivity index (χ4n) is 2.64. The molecule has 110 valence electrons. The molecule has 0 saturated carbocycles. The second-order valence-electron chi connectivity index (χ2n) is 6.13. The first-order valence-corrected chi connectivity index (χ1v) is 7.25. The molecule has 0 unspecified atom stereocenters. The number of anilines is 1. The molecule has 1 saturated heterocycles. The molecule has 1 aromatic rings. The van der Waals surface area contributed by atoms with E-state index in [1.165, 1.54) is 6.07 Å². The average Bonchev–Trinajstić information content (AvgIpc) is 2.53. The molecule has 0 radical (unpaired) electrons. The van der Waals surface area contributed by atoms with E-state index in [0.29, 0.717) is 5.69 Å². The Morgan fingerprint density at radius 3 is 2.55 bits per heavy atom. The summed E-state index contributed by atoms with van der Waals surface area (Å²) in [5.74, 6) is -1.80. The largest absolute Gasteiger partial charge is 0.389 e. The molecule has 20 heavy (non-hydrogen) atoms. The van der Waals surface area contributed by atoms with Crippen molar-refractivity contribution in [2.75, 3.05) is 18.0 Å². The second kappa shape index (κ2) is 5.64. The molecule has 2 N–H and O–H groups in total. The summed E-state index contributed by atoms with van der Waals surface area (Å²) in [6, 6.07) is 3.04. The van der Waals surface area contributed by atoms with Crippen molar-refractivity contribution >= 4 is 22.9 Å². The highest BCUT2D eigenvalue weighted by Crippen LogP contribution is 2.33. The first-order chi connectivity index (χ1) is 9.32. The number of nitrogens with two attached hydrogens (primary N) is 1. The van der Waals surface area contributed by atoms with Gasteiger partial charge in [0.15, 0.2) is 11.6 Å². The molecule has 1 aliphatic heterocycles. The lowest BCUT2D eigenvalue weighted by molar-refractivity contribution is 0.325. The van der Waals surface area contributed by atoms with Gasteiger partial charge in [0.1, 0.15) is 4.99 Å². The van der Waals surface area contributed by atoms with E-state index in [0.717, 1.165) is 32.4 Å². The monoisotopic (exact) mass is 298 g/mol. The Morgan fingerprint density at radius 2 is 1.90 bits per heavy atom. The highest BCUT2D eigenvalue weighted by Gasteiger charge is 2.25. The van der Waals surface area contributed by atoms with Gasteiger partial charge in [0.25, 0.3) is 0 Å². The van der Waals surface area contributed by atoms with Gasteiger partial charge in [-0.1, -0.05) is 26.1 Å². The summed E-state index contributed by atoms with van der Waals surface area (Å²) in [5.41, 5.74) is 5.91. The zero-order valence-electron chi connectivity index (χ0n) is 11.9. The second-order valence-corrected chi connectivity index (χ2v) is 6.57. The predicted octanol–water partition coefficient (Wildman–Crippen LogP) is 3.62. The third-order valence-electron chi connectivity index (χ3n) is 4.01. The van der Waals surface area contributed by atoms with Crippen molar-refractivity contribution in [1.82, 2.24) is 0 Å². The van der Waals surface area contributed by atoms with Crippen molar-refractivity contribution in [3.05, 3.63) is 29.3 Å². The van der Waals surface area contributed by atoms with E-state index in [-0.39, 0.29) is 16.0 Å². The van der Waals surface area contributed by atoms with Crippen LogP contribution < -0.4 is 10.6 Å². The number of thiocarbonyl (C=S) groups is 1. The minimum Gasteiger partial charge on any atom is -0.389 e. The van der Waals surface area contributed by atoms with Crippen LogP contribution in [0.4, 0.5) is 14.5 Å². The average molecular weight is 298 g/mol. The van der Waals surface area contributed by atoms with Gasteiger partial charge in [-0.05, 0) is 36.8 Å². The number of rotatable bonds is 2. The molecule has 5 heteroatoms. The fraction of sp³-hybridized carbons (Fsp3) is 0.533. The van der Waals surface area contributed by atoms with Gasteiger partial charge in [-0.2, -0.15) is 0 Å². The van der Waals surface area contributed by atoms with Gasteiger partial charge >= 0.3 is 0 Å². The minimum atomic E-state index is -0.946. The van der Waals surface area contributed by atoms with Crippen LogP contribution in [0.5, 0.6) is 0 Å². The summed E-state index contributed by atoms with van der Waals surface area (Å²) in [4.78, 5) is 1.79. The zero-order chi connectivity index (χ0) is 14.9. The molecule has 1 aromatic carbocycles. The molecule has 0 atom stereocenters. The third kappa shape index (κ3) is 3.08. The van der Waals surface area contributed by atoms with Crippen LogP contribution in [0.25, 0.3) is 0 Å². The van der Waals surface area contributed by atoms with Gasteiger partial charge in [-0.3, -0.25) is 0 Å². The molecular formula is C15H20F2N2S. The molecule has 0 aliphatic carbocycles. The Labute approximate surface area is 123 Å². The van der Waals surface area contributed by atoms with E-state index >= 15 is 0 Å². The van der Waals surface area contributed by atoms with Crippen LogP contribution in [-0.2, 0) is 0 Å². The van der Waals surface area contributed by atoms with E-state index < -0.39 is 11.6 Å². The smallest absolute Gasteiger partial charge is 0.182 e. The first-order valence-electron chi connectivity index (χ1n) is 6.84. The van der Waals surface area contributed by atoms with Crippen LogP contribution in [0.2, 0.25) is 0 Å². The van der Waals surface area contributed by atoms with Crippen LogP contribution in [0, 0.1) is 17.0 Å². The Morgan fingerprint density at radius 1 is 1.20 bits per heavy atom. The molecule has 2 nitrogen and oxygen atoms in total. The molecule has 1 fully saturated rings. The van der Waals surface area contributed by atoms with Crippen molar-refractivity contribution in [2.45, 2.75) is 33.1 Å². The summed E-state index contributed by atoms with van der Waals surface area (Å²) in [5, 5.41) is 0. The summed E-state index contributed by atoms with van der Waals surface area (Å²) in [6.45, 7) is 5.90. The predicted molar refractivity (Wildman–Crippen MR) is 82.1 cm³/mol. The van der Waals surface area contributed by atoms with Gasteiger partial charge in [0, 0.05) is 18.7 Å². The maximum Gasteiger partial charge on any atom is 0.182 e. The molecule has 0 aromatic heterocycles. The van der Waals surface area contributed by atoms with Crippen molar-refractivity contribution in [1.29, 1.82) is 0 Å². The topological polar surface area (TPSA) is 29.3 Å². The summed E-state index contributed by atoms with van der Waals surface area (Å²) in [6.07, 6.45) is 3.04. The van der Waals surface area contributed by atoms with Crippen LogP contribution in [0.3, 0.4) is 0 Å². The van der Waals surface area contributed by atoms with E-state index in [2.05, 4.69) is 13.8 Å². The van der Waals surface area contributed by atoms with Gasteiger partial charge in [0.05, 0.1) is 5.69 Å². The quantitative estimate of drug-likeness (QED) is 0.846. The minimum absolute atomic E-state index is 0.0311. The fourth-order valence-corrected chi connectivity index (χ4v) is 2.80. The lowest BCUT2D eigenvalue weighted by atomic mass is 9.85. The number of halogens is 2. The number of nitrogens with zero attached hydrogens (tertiary/aromatic N) is 1. The molecule has 1 heterocycles. The van der Waals surface area contributed by atoms with E-state index in [9.17, 15) is 8.78 Å². The Bertz CT molecular complexity index is 529. The van der Waals surface area contributed by atoms with Crippen LogP contribution >= 0.6 is 12.2 Å². The van der Waals surface area contributed by atoms with Crippen molar-refractivity contribution in [2.24, 2.45) is 11.1 Å². The van der Waals surface area contributed by atoms with E-state index in [1.807, 2.05) is 4.90 Å².